The molecule has 0 atom stereocenters. The molecule has 0 aromatic carbocycles. The van der Waals surface area contributed by atoms with Crippen molar-refractivity contribution in [3.63, 3.8) is 0 Å². The molecule has 0 aliphatic heterocycles. The third kappa shape index (κ3) is 19.6. The summed E-state index contributed by atoms with van der Waals surface area (Å²) in [4.78, 5) is 0. The molecular weight excluding hydrogens is 436 g/mol. The summed E-state index contributed by atoms with van der Waals surface area (Å²) >= 11 is 0. The van der Waals surface area contributed by atoms with Crippen molar-refractivity contribution in [2.45, 2.75) is 0 Å². The van der Waals surface area contributed by atoms with Crippen LogP contribution in [-0.4, -0.2) is 54.2 Å². The van der Waals surface area contributed by atoms with Crippen LogP contribution < -0.4 is 0 Å². The molecule has 0 saturated heterocycles. The van der Waals surface area contributed by atoms with Crippen LogP contribution in [0.4, 0.5) is 0 Å². The molecule has 0 saturated carbocycles. The summed E-state index contributed by atoms with van der Waals surface area (Å²) in [6.45, 7) is 0. The Bertz CT molecular complexity index is 11.6. The van der Waals surface area contributed by atoms with E-state index in [1.807, 2.05) is 0 Å². The van der Waals surface area contributed by atoms with Gasteiger partial charge in [-0.05, 0) is 0 Å². The van der Waals surface area contributed by atoms with Gasteiger partial charge in [-0.25, -0.2) is 0 Å². The Hall–Kier alpha value is 2.95. The second-order valence-corrected chi connectivity index (χ2v) is 0. The van der Waals surface area contributed by atoms with Gasteiger partial charge in [-0.3, -0.25) is 0 Å². The molecule has 0 amide bonds. The first kappa shape index (κ1) is 44.1. The predicted octanol–water partition coefficient (Wildman–Crippen LogP) is -3.29. The Morgan fingerprint density at radius 2 is 1.00 bits per heavy atom. The summed E-state index contributed by atoms with van der Waals surface area (Å²) < 4.78 is 0. The minimum atomic E-state index is 0. The van der Waals surface area contributed by atoms with Crippen LogP contribution in [0.2, 0.25) is 0 Å². The van der Waals surface area contributed by atoms with E-state index in [4.69, 9.17) is 0 Å². The zero-order valence-corrected chi connectivity index (χ0v) is 6.31. The zero-order chi connectivity index (χ0) is 0. The van der Waals surface area contributed by atoms with E-state index < -0.39 is 0 Å². The molecular formula is H8AlAuCuGaSe. The zero-order valence-electron chi connectivity index (χ0n) is 1.10. The van der Waals surface area contributed by atoms with E-state index in [2.05, 4.69) is 0 Å². The fourth-order valence-corrected chi connectivity index (χ4v) is 0. The molecule has 5 heavy (non-hydrogen) atoms. The first-order valence-corrected chi connectivity index (χ1v) is 0. The molecule has 0 heterocycles. The van der Waals surface area contributed by atoms with E-state index in [0.29, 0.717) is 0 Å². The van der Waals surface area contributed by atoms with Crippen LogP contribution in [0.1, 0.15) is 0 Å². The normalized spacial score (nSPS) is 0. The van der Waals surface area contributed by atoms with Crippen molar-refractivity contribution in [2.24, 2.45) is 0 Å². The summed E-state index contributed by atoms with van der Waals surface area (Å²) in [6, 6.07) is 0. The third-order valence-electron chi connectivity index (χ3n) is 0. The monoisotopic (exact) mass is 444 g/mol. The van der Waals surface area contributed by atoms with Gasteiger partial charge in [0.15, 0.2) is 17.4 Å². The Labute approximate surface area is 92.2 Å². The van der Waals surface area contributed by atoms with Gasteiger partial charge in [0.25, 0.3) is 0 Å². The van der Waals surface area contributed by atoms with Crippen LogP contribution in [-0.2, 0) is 39.4 Å². The Morgan fingerprint density at radius 3 is 1.00 bits per heavy atom. The van der Waals surface area contributed by atoms with Crippen molar-refractivity contribution in [3.05, 3.63) is 0 Å². The topological polar surface area (TPSA) is 0 Å². The first-order chi connectivity index (χ1) is 0. The Kier molecular flexibility index (Phi) is 250. The fraction of sp³-hybridized carbons (Fsp3) is 0. The van der Waals surface area contributed by atoms with Gasteiger partial charge in [0.05, 0.1) is 0 Å². The van der Waals surface area contributed by atoms with Crippen LogP contribution in [0.5, 0.6) is 0 Å². The van der Waals surface area contributed by atoms with Gasteiger partial charge >= 0.3 is 36.9 Å². The van der Waals surface area contributed by atoms with Crippen molar-refractivity contribution >= 4 is 54.2 Å². The molecule has 5 heteroatoms. The van der Waals surface area contributed by atoms with Crippen LogP contribution in [0, 0.1) is 0 Å². The van der Waals surface area contributed by atoms with Gasteiger partial charge in [-0.1, -0.05) is 0 Å². The predicted molar refractivity (Wildman–Crippen MR) is 28.4 cm³/mol. The molecule has 42 valence electrons. The van der Waals surface area contributed by atoms with E-state index in [1.165, 1.54) is 0 Å². The molecule has 0 aromatic heterocycles. The molecule has 0 spiro atoms. The molecule has 0 N–H and O–H groups in total. The van der Waals surface area contributed by atoms with E-state index in [-0.39, 0.29) is 93.7 Å². The minimum absolute atomic E-state index is 0. The number of hydrogen-bond donors (Lipinski definition) is 0. The van der Waals surface area contributed by atoms with Gasteiger partial charge in [-0.2, -0.15) is 0 Å². The summed E-state index contributed by atoms with van der Waals surface area (Å²) in [6.07, 6.45) is 0. The van der Waals surface area contributed by atoms with Crippen LogP contribution >= 0.6 is 0 Å². The molecule has 0 bridgehead atoms. The van der Waals surface area contributed by atoms with Gasteiger partial charge in [-0.15, -0.1) is 0 Å². The Morgan fingerprint density at radius 1 is 1.00 bits per heavy atom. The summed E-state index contributed by atoms with van der Waals surface area (Å²) in [7, 11) is 0. The van der Waals surface area contributed by atoms with Gasteiger partial charge < -0.3 is 0 Å². The Balaban J connectivity index is 0. The van der Waals surface area contributed by atoms with Gasteiger partial charge in [0.1, 0.15) is 0 Å². The van der Waals surface area contributed by atoms with Crippen molar-refractivity contribution in [3.8, 4) is 0 Å². The third-order valence-corrected chi connectivity index (χ3v) is 0. The van der Waals surface area contributed by atoms with E-state index in [9.17, 15) is 0 Å². The van der Waals surface area contributed by atoms with E-state index in [0.717, 1.165) is 0 Å². The van der Waals surface area contributed by atoms with Crippen molar-refractivity contribution < 1.29 is 39.4 Å². The van der Waals surface area contributed by atoms with Crippen molar-refractivity contribution in [1.29, 1.82) is 0 Å². The molecule has 0 aliphatic rings. The SMILES string of the molecule is [AlH3].[Au].[Cu].[GaH3].[SeH2]. The standard InChI is InChI=1S/Al.Au.Cu.Ga.H2Se.6H/h;;;;1H2;;;;;;. The maximum absolute atomic E-state index is 0. The van der Waals surface area contributed by atoms with Crippen molar-refractivity contribution in [1.82, 2.24) is 0 Å². The van der Waals surface area contributed by atoms with Crippen LogP contribution in [0.15, 0.2) is 0 Å². The molecule has 0 aliphatic carbocycles. The van der Waals surface area contributed by atoms with E-state index >= 15 is 0 Å². The molecule has 0 unspecified atom stereocenters. The van der Waals surface area contributed by atoms with Gasteiger partial charge in [0.2, 0.25) is 0 Å². The average molecular weight is 444 g/mol. The second-order valence-electron chi connectivity index (χ2n) is 0. The summed E-state index contributed by atoms with van der Waals surface area (Å²) in [5.74, 6) is 0. The number of rotatable bonds is 0. The van der Waals surface area contributed by atoms with Crippen LogP contribution in [0.3, 0.4) is 0 Å². The molecule has 0 fully saturated rings. The quantitative estimate of drug-likeness (QED) is 0.344. The van der Waals surface area contributed by atoms with Crippen molar-refractivity contribution in [2.75, 3.05) is 0 Å². The maximum atomic E-state index is 0. The summed E-state index contributed by atoms with van der Waals surface area (Å²) in [5.41, 5.74) is 0. The first-order valence-electron chi connectivity index (χ1n) is 0. The van der Waals surface area contributed by atoms with E-state index in [1.54, 1.807) is 0 Å². The molecule has 0 rings (SSSR count). The average Bonchev–Trinajstić information content (AvgIpc) is 0. The fourth-order valence-electron chi connectivity index (χ4n) is 0. The van der Waals surface area contributed by atoms with Gasteiger partial charge in [0, 0.05) is 39.4 Å². The second kappa shape index (κ2) is 28.3. The molecule has 0 aromatic rings. The number of hydrogen-bond acceptors (Lipinski definition) is 0. The molecule has 2 radical (unpaired) electrons. The van der Waals surface area contributed by atoms with Crippen LogP contribution in [0.25, 0.3) is 0 Å². The summed E-state index contributed by atoms with van der Waals surface area (Å²) in [5, 5.41) is 0. The molecule has 0 nitrogen and oxygen atoms in total.